The van der Waals surface area contributed by atoms with Crippen molar-refractivity contribution in [1.82, 2.24) is 9.78 Å². The lowest BCUT2D eigenvalue weighted by Crippen LogP contribution is -2.20. The van der Waals surface area contributed by atoms with E-state index in [4.69, 9.17) is 11.6 Å². The number of hydrogen-bond acceptors (Lipinski definition) is 1. The van der Waals surface area contributed by atoms with Gasteiger partial charge in [-0.15, -0.1) is 11.6 Å². The standard InChI is InChI=1S/C13H22BrClN2/c1-6-10-12(14)11(17(5)16-10)8-13(3,4)7-9(2)15/h9H,6-8H2,1-5H3. The van der Waals surface area contributed by atoms with E-state index in [1.54, 1.807) is 0 Å². The van der Waals surface area contributed by atoms with E-state index in [2.05, 4.69) is 48.7 Å². The summed E-state index contributed by atoms with van der Waals surface area (Å²) < 4.78 is 3.15. The molecule has 0 saturated carbocycles. The summed E-state index contributed by atoms with van der Waals surface area (Å²) in [6.45, 7) is 8.70. The van der Waals surface area contributed by atoms with Gasteiger partial charge >= 0.3 is 0 Å². The number of aromatic nitrogens is 2. The lowest BCUT2D eigenvalue weighted by atomic mass is 9.83. The molecule has 0 aromatic carbocycles. The molecule has 1 atom stereocenters. The van der Waals surface area contributed by atoms with Crippen molar-refractivity contribution in [2.45, 2.75) is 52.3 Å². The molecule has 0 aliphatic rings. The van der Waals surface area contributed by atoms with E-state index >= 15 is 0 Å². The van der Waals surface area contributed by atoms with E-state index in [1.807, 2.05) is 11.7 Å². The first-order valence-corrected chi connectivity index (χ1v) is 7.34. The fourth-order valence-electron chi connectivity index (χ4n) is 2.30. The van der Waals surface area contributed by atoms with Crippen LogP contribution in [0.25, 0.3) is 0 Å². The highest BCUT2D eigenvalue weighted by molar-refractivity contribution is 9.10. The molecule has 1 unspecified atom stereocenters. The normalized spacial score (nSPS) is 14.1. The average molecular weight is 322 g/mol. The van der Waals surface area contributed by atoms with Crippen molar-refractivity contribution >= 4 is 27.5 Å². The van der Waals surface area contributed by atoms with Gasteiger partial charge in [-0.3, -0.25) is 4.68 Å². The third-order valence-corrected chi connectivity index (χ3v) is 4.05. The fourth-order valence-corrected chi connectivity index (χ4v) is 3.47. The van der Waals surface area contributed by atoms with Gasteiger partial charge in [-0.2, -0.15) is 5.10 Å². The van der Waals surface area contributed by atoms with Crippen molar-refractivity contribution < 1.29 is 0 Å². The molecular formula is C13H22BrClN2. The summed E-state index contributed by atoms with van der Waals surface area (Å²) in [6, 6.07) is 0. The Bertz CT molecular complexity index is 383. The Kier molecular flexibility index (Phi) is 5.08. The minimum Gasteiger partial charge on any atom is -0.271 e. The first-order valence-electron chi connectivity index (χ1n) is 6.11. The lowest BCUT2D eigenvalue weighted by molar-refractivity contribution is 0.323. The quantitative estimate of drug-likeness (QED) is 0.738. The average Bonchev–Trinajstić information content (AvgIpc) is 2.42. The Morgan fingerprint density at radius 1 is 1.47 bits per heavy atom. The number of nitrogens with zero attached hydrogens (tertiary/aromatic N) is 2. The Hall–Kier alpha value is -0.0200. The molecule has 0 spiro atoms. The second-order valence-corrected chi connectivity index (χ2v) is 7.05. The van der Waals surface area contributed by atoms with Gasteiger partial charge in [-0.25, -0.2) is 0 Å². The molecule has 1 heterocycles. The van der Waals surface area contributed by atoms with Crippen LogP contribution in [-0.4, -0.2) is 15.2 Å². The van der Waals surface area contributed by atoms with Crippen LogP contribution in [0.15, 0.2) is 4.47 Å². The molecule has 0 radical (unpaired) electrons. The van der Waals surface area contributed by atoms with E-state index < -0.39 is 0 Å². The molecule has 1 rings (SSSR count). The van der Waals surface area contributed by atoms with E-state index in [0.717, 1.165) is 29.4 Å². The molecule has 0 fully saturated rings. The Morgan fingerprint density at radius 3 is 2.47 bits per heavy atom. The van der Waals surface area contributed by atoms with Crippen LogP contribution in [0.1, 0.15) is 45.5 Å². The van der Waals surface area contributed by atoms with Gasteiger partial charge in [0.1, 0.15) is 0 Å². The van der Waals surface area contributed by atoms with E-state index in [1.165, 1.54) is 5.69 Å². The van der Waals surface area contributed by atoms with Crippen LogP contribution in [0.5, 0.6) is 0 Å². The SMILES string of the molecule is CCc1nn(C)c(CC(C)(C)CC(C)Cl)c1Br. The second-order valence-electron chi connectivity index (χ2n) is 5.51. The van der Waals surface area contributed by atoms with Crippen molar-refractivity contribution in [3.05, 3.63) is 15.9 Å². The van der Waals surface area contributed by atoms with Gasteiger partial charge in [0.15, 0.2) is 0 Å². The number of hydrogen-bond donors (Lipinski definition) is 0. The molecule has 17 heavy (non-hydrogen) atoms. The molecular weight excluding hydrogens is 300 g/mol. The van der Waals surface area contributed by atoms with Gasteiger partial charge < -0.3 is 0 Å². The summed E-state index contributed by atoms with van der Waals surface area (Å²) in [6.07, 6.45) is 2.96. The van der Waals surface area contributed by atoms with E-state index in [9.17, 15) is 0 Å². The molecule has 0 aliphatic heterocycles. The van der Waals surface area contributed by atoms with Crippen molar-refractivity contribution in [3.8, 4) is 0 Å². The second kappa shape index (κ2) is 5.75. The number of aryl methyl sites for hydroxylation is 2. The lowest BCUT2D eigenvalue weighted by Gasteiger charge is -2.26. The van der Waals surface area contributed by atoms with Gasteiger partial charge in [0, 0.05) is 12.4 Å². The maximum atomic E-state index is 6.11. The Morgan fingerprint density at radius 2 is 2.06 bits per heavy atom. The van der Waals surface area contributed by atoms with Crippen LogP contribution in [0.4, 0.5) is 0 Å². The zero-order valence-corrected chi connectivity index (χ0v) is 13.7. The molecule has 0 bridgehead atoms. The minimum atomic E-state index is 0.197. The van der Waals surface area contributed by atoms with Gasteiger partial charge in [-0.05, 0) is 47.5 Å². The van der Waals surface area contributed by atoms with Crippen LogP contribution < -0.4 is 0 Å². The number of rotatable bonds is 5. The topological polar surface area (TPSA) is 17.8 Å². The molecule has 98 valence electrons. The highest BCUT2D eigenvalue weighted by Gasteiger charge is 2.25. The number of alkyl halides is 1. The van der Waals surface area contributed by atoms with Crippen molar-refractivity contribution in [3.63, 3.8) is 0 Å². The van der Waals surface area contributed by atoms with Crippen molar-refractivity contribution in [2.75, 3.05) is 0 Å². The third kappa shape index (κ3) is 3.99. The van der Waals surface area contributed by atoms with Crippen LogP contribution in [0, 0.1) is 5.41 Å². The summed E-state index contributed by atoms with van der Waals surface area (Å²) in [7, 11) is 2.01. The third-order valence-electron chi connectivity index (χ3n) is 2.98. The zero-order valence-electron chi connectivity index (χ0n) is 11.3. The van der Waals surface area contributed by atoms with Crippen LogP contribution >= 0.6 is 27.5 Å². The smallest absolute Gasteiger partial charge is 0.0766 e. The van der Waals surface area contributed by atoms with E-state index in [-0.39, 0.29) is 10.8 Å². The predicted octanol–water partition coefficient (Wildman–Crippen LogP) is 4.33. The summed E-state index contributed by atoms with van der Waals surface area (Å²) in [5.41, 5.74) is 2.60. The zero-order chi connectivity index (χ0) is 13.2. The monoisotopic (exact) mass is 320 g/mol. The summed E-state index contributed by atoms with van der Waals surface area (Å²) in [5, 5.41) is 4.74. The van der Waals surface area contributed by atoms with Gasteiger partial charge in [-0.1, -0.05) is 20.8 Å². The van der Waals surface area contributed by atoms with E-state index in [0.29, 0.717) is 0 Å². The Balaban J connectivity index is 2.91. The first-order chi connectivity index (χ1) is 7.76. The molecule has 1 aromatic heterocycles. The minimum absolute atomic E-state index is 0.197. The van der Waals surface area contributed by atoms with Gasteiger partial charge in [0.2, 0.25) is 0 Å². The van der Waals surface area contributed by atoms with Gasteiger partial charge in [0.25, 0.3) is 0 Å². The maximum absolute atomic E-state index is 6.11. The van der Waals surface area contributed by atoms with Crippen molar-refractivity contribution in [1.29, 1.82) is 0 Å². The molecule has 0 amide bonds. The molecule has 0 aliphatic carbocycles. The highest BCUT2D eigenvalue weighted by atomic mass is 79.9. The number of halogens is 2. The molecule has 4 heteroatoms. The largest absolute Gasteiger partial charge is 0.271 e. The summed E-state index contributed by atoms with van der Waals surface area (Å²) >= 11 is 9.77. The van der Waals surface area contributed by atoms with Crippen molar-refractivity contribution in [2.24, 2.45) is 12.5 Å². The van der Waals surface area contributed by atoms with Gasteiger partial charge in [0.05, 0.1) is 15.9 Å². The Labute approximate surface area is 118 Å². The maximum Gasteiger partial charge on any atom is 0.0766 e. The summed E-state index contributed by atoms with van der Waals surface area (Å²) in [4.78, 5) is 0. The predicted molar refractivity (Wildman–Crippen MR) is 77.7 cm³/mol. The fraction of sp³-hybridized carbons (Fsp3) is 0.769. The molecule has 2 nitrogen and oxygen atoms in total. The molecule has 1 aromatic rings. The summed E-state index contributed by atoms with van der Waals surface area (Å²) in [5.74, 6) is 0. The molecule has 0 saturated heterocycles. The highest BCUT2D eigenvalue weighted by Crippen LogP contribution is 2.33. The molecule has 0 N–H and O–H groups in total. The van der Waals surface area contributed by atoms with Crippen LogP contribution in [0.2, 0.25) is 0 Å². The van der Waals surface area contributed by atoms with Crippen LogP contribution in [-0.2, 0) is 19.9 Å². The van der Waals surface area contributed by atoms with Crippen LogP contribution in [0.3, 0.4) is 0 Å². The first kappa shape index (κ1) is 15.0.